The molecule has 0 bridgehead atoms. The van der Waals surface area contributed by atoms with Gasteiger partial charge >= 0.3 is 0 Å². The molecule has 6 heteroatoms. The molecular weight excluding hydrogens is 255 g/mol. The lowest BCUT2D eigenvalue weighted by atomic mass is 10.2. The quantitative estimate of drug-likeness (QED) is 0.746. The normalized spacial score (nSPS) is 11.5. The molecule has 0 aliphatic carbocycles. The van der Waals surface area contributed by atoms with Gasteiger partial charge in [-0.05, 0) is 44.1 Å². The number of anilines is 1. The van der Waals surface area contributed by atoms with Gasteiger partial charge in [0.25, 0.3) is 0 Å². The fourth-order valence-electron chi connectivity index (χ4n) is 1.45. The Hall–Kier alpha value is -1.14. The maximum absolute atomic E-state index is 13.3. The highest BCUT2D eigenvalue weighted by atomic mass is 32.2. The first-order chi connectivity index (χ1) is 8.44. The maximum atomic E-state index is 13.3. The second kappa shape index (κ2) is 6.70. The van der Waals surface area contributed by atoms with Crippen LogP contribution in [0, 0.1) is 12.7 Å². The molecule has 1 rings (SSSR count). The Kier molecular flexibility index (Phi) is 5.55. The van der Waals surface area contributed by atoms with Crippen LogP contribution in [0.1, 0.15) is 18.9 Å². The summed E-state index contributed by atoms with van der Waals surface area (Å²) in [6.45, 7) is 5.06. The molecule has 0 aliphatic heterocycles. The van der Waals surface area contributed by atoms with E-state index in [9.17, 15) is 12.8 Å². The smallest absolute Gasteiger partial charge is 0.232 e. The zero-order valence-electron chi connectivity index (χ0n) is 10.7. The number of hydrogen-bond donors (Lipinski definition) is 2. The molecular formula is C12H19FN2O2S. The van der Waals surface area contributed by atoms with E-state index in [4.69, 9.17) is 0 Å². The van der Waals surface area contributed by atoms with Crippen molar-refractivity contribution in [2.24, 2.45) is 0 Å². The molecule has 102 valence electrons. The number of sulfonamides is 1. The molecule has 1 aromatic rings. The van der Waals surface area contributed by atoms with Crippen molar-refractivity contribution in [2.45, 2.75) is 20.3 Å². The molecule has 4 nitrogen and oxygen atoms in total. The summed E-state index contributed by atoms with van der Waals surface area (Å²) >= 11 is 0. The van der Waals surface area contributed by atoms with Crippen LogP contribution in [0.15, 0.2) is 18.2 Å². The van der Waals surface area contributed by atoms with Gasteiger partial charge in [0.15, 0.2) is 0 Å². The average molecular weight is 274 g/mol. The van der Waals surface area contributed by atoms with Gasteiger partial charge in [-0.15, -0.1) is 0 Å². The molecule has 0 amide bonds. The van der Waals surface area contributed by atoms with E-state index in [1.54, 1.807) is 19.1 Å². The number of aryl methyl sites for hydroxylation is 1. The molecule has 0 unspecified atom stereocenters. The number of hydrogen-bond acceptors (Lipinski definition) is 3. The van der Waals surface area contributed by atoms with Gasteiger partial charge in [0, 0.05) is 0 Å². The summed E-state index contributed by atoms with van der Waals surface area (Å²) in [6.07, 6.45) is 0.525. The molecule has 0 spiro atoms. The van der Waals surface area contributed by atoms with Gasteiger partial charge < -0.3 is 5.32 Å². The van der Waals surface area contributed by atoms with E-state index in [1.165, 1.54) is 6.07 Å². The average Bonchev–Trinajstić information content (AvgIpc) is 2.29. The standard InChI is InChI=1S/C12H19FN2O2S/c1-3-14-7-4-8-18(16,17)15-11-6-5-10(2)12(13)9-11/h5-6,9,14-15H,3-4,7-8H2,1-2H3. The summed E-state index contributed by atoms with van der Waals surface area (Å²) in [5.74, 6) is -0.391. The third-order valence-electron chi connectivity index (χ3n) is 2.46. The number of nitrogens with one attached hydrogen (secondary N) is 2. The minimum atomic E-state index is -3.40. The van der Waals surface area contributed by atoms with Crippen molar-refractivity contribution in [1.82, 2.24) is 5.32 Å². The largest absolute Gasteiger partial charge is 0.317 e. The third-order valence-corrected chi connectivity index (χ3v) is 3.83. The van der Waals surface area contributed by atoms with Crippen molar-refractivity contribution < 1.29 is 12.8 Å². The lowest BCUT2D eigenvalue weighted by molar-refractivity contribution is 0.595. The molecule has 0 saturated carbocycles. The highest BCUT2D eigenvalue weighted by Gasteiger charge is 2.10. The monoisotopic (exact) mass is 274 g/mol. The van der Waals surface area contributed by atoms with Gasteiger partial charge in [-0.2, -0.15) is 0 Å². The fourth-order valence-corrected chi connectivity index (χ4v) is 2.56. The summed E-state index contributed by atoms with van der Waals surface area (Å²) in [7, 11) is -3.40. The summed E-state index contributed by atoms with van der Waals surface area (Å²) in [4.78, 5) is 0. The van der Waals surface area contributed by atoms with Gasteiger partial charge in [-0.3, -0.25) is 4.72 Å². The van der Waals surface area contributed by atoms with E-state index in [0.29, 0.717) is 18.5 Å². The Morgan fingerprint density at radius 1 is 1.33 bits per heavy atom. The maximum Gasteiger partial charge on any atom is 0.232 e. The number of halogens is 1. The number of rotatable bonds is 7. The Labute approximate surface area is 108 Å². The number of benzene rings is 1. The molecule has 0 heterocycles. The van der Waals surface area contributed by atoms with E-state index in [1.807, 2.05) is 6.92 Å². The zero-order valence-corrected chi connectivity index (χ0v) is 11.5. The topological polar surface area (TPSA) is 58.2 Å². The minimum absolute atomic E-state index is 0.0233. The Morgan fingerprint density at radius 2 is 2.06 bits per heavy atom. The molecule has 2 N–H and O–H groups in total. The van der Waals surface area contributed by atoms with Crippen LogP contribution < -0.4 is 10.0 Å². The van der Waals surface area contributed by atoms with Gasteiger partial charge in [0.1, 0.15) is 5.82 Å². The highest BCUT2D eigenvalue weighted by Crippen LogP contribution is 2.15. The summed E-state index contributed by atoms with van der Waals surface area (Å²) in [6, 6.07) is 4.29. The van der Waals surface area contributed by atoms with E-state index in [2.05, 4.69) is 10.0 Å². The van der Waals surface area contributed by atoms with E-state index in [-0.39, 0.29) is 11.4 Å². The second-order valence-electron chi connectivity index (χ2n) is 4.09. The van der Waals surface area contributed by atoms with Crippen LogP contribution in [0.2, 0.25) is 0 Å². The van der Waals surface area contributed by atoms with Gasteiger partial charge in [0.05, 0.1) is 11.4 Å². The van der Waals surface area contributed by atoms with Crippen molar-refractivity contribution in [3.05, 3.63) is 29.6 Å². The first kappa shape index (κ1) is 14.9. The Balaban J connectivity index is 2.56. The second-order valence-corrected chi connectivity index (χ2v) is 5.93. The fraction of sp³-hybridized carbons (Fsp3) is 0.500. The van der Waals surface area contributed by atoms with Crippen LogP contribution in [0.25, 0.3) is 0 Å². The van der Waals surface area contributed by atoms with Crippen LogP contribution in [-0.2, 0) is 10.0 Å². The minimum Gasteiger partial charge on any atom is -0.317 e. The molecule has 18 heavy (non-hydrogen) atoms. The molecule has 0 saturated heterocycles. The lowest BCUT2D eigenvalue weighted by Gasteiger charge is -2.09. The summed E-state index contributed by atoms with van der Waals surface area (Å²) in [5.41, 5.74) is 0.756. The van der Waals surface area contributed by atoms with E-state index in [0.717, 1.165) is 6.54 Å². The van der Waals surface area contributed by atoms with Crippen LogP contribution >= 0.6 is 0 Å². The van der Waals surface area contributed by atoms with Crippen molar-refractivity contribution in [1.29, 1.82) is 0 Å². The molecule has 0 radical (unpaired) electrons. The SMILES string of the molecule is CCNCCCS(=O)(=O)Nc1ccc(C)c(F)c1. The van der Waals surface area contributed by atoms with E-state index < -0.39 is 15.8 Å². The molecule has 0 aromatic heterocycles. The molecule has 0 atom stereocenters. The van der Waals surface area contributed by atoms with Crippen LogP contribution in [0.3, 0.4) is 0 Å². The zero-order chi connectivity index (χ0) is 13.6. The lowest BCUT2D eigenvalue weighted by Crippen LogP contribution is -2.21. The first-order valence-electron chi connectivity index (χ1n) is 5.92. The Bertz CT molecular complexity index is 489. The van der Waals surface area contributed by atoms with Gasteiger partial charge in [-0.1, -0.05) is 13.0 Å². The highest BCUT2D eigenvalue weighted by molar-refractivity contribution is 7.92. The predicted molar refractivity (Wildman–Crippen MR) is 71.7 cm³/mol. The van der Waals surface area contributed by atoms with Crippen molar-refractivity contribution >= 4 is 15.7 Å². The van der Waals surface area contributed by atoms with Gasteiger partial charge in [-0.25, -0.2) is 12.8 Å². The molecule has 0 fully saturated rings. The van der Waals surface area contributed by atoms with Crippen molar-refractivity contribution in [3.63, 3.8) is 0 Å². The van der Waals surface area contributed by atoms with Crippen LogP contribution in [0.5, 0.6) is 0 Å². The molecule has 0 aliphatic rings. The predicted octanol–water partition coefficient (Wildman–Crippen LogP) is 1.88. The first-order valence-corrected chi connectivity index (χ1v) is 7.57. The van der Waals surface area contributed by atoms with Gasteiger partial charge in [0.2, 0.25) is 10.0 Å². The van der Waals surface area contributed by atoms with Crippen LogP contribution in [-0.4, -0.2) is 27.3 Å². The van der Waals surface area contributed by atoms with Crippen LogP contribution in [0.4, 0.5) is 10.1 Å². The van der Waals surface area contributed by atoms with Crippen molar-refractivity contribution in [3.8, 4) is 0 Å². The summed E-state index contributed by atoms with van der Waals surface area (Å²) < 4.78 is 39.0. The Morgan fingerprint density at radius 3 is 2.67 bits per heavy atom. The third kappa shape index (κ3) is 5.01. The van der Waals surface area contributed by atoms with E-state index >= 15 is 0 Å². The molecule has 1 aromatic carbocycles. The summed E-state index contributed by atoms with van der Waals surface area (Å²) in [5, 5.41) is 3.05. The van der Waals surface area contributed by atoms with Crippen molar-refractivity contribution in [2.75, 3.05) is 23.6 Å².